The zero-order valence-corrected chi connectivity index (χ0v) is 11.3. The molecule has 0 aromatic carbocycles. The first-order chi connectivity index (χ1) is 7.56. The molecule has 0 aliphatic rings. The highest BCUT2D eigenvalue weighted by molar-refractivity contribution is 5.76. The largest absolute Gasteiger partial charge is 0.444 e. The van der Waals surface area contributed by atoms with Gasteiger partial charge in [-0.15, -0.1) is 0 Å². The third-order valence-corrected chi connectivity index (χ3v) is 1.79. The SMILES string of the molecule is [CH2]CC(=O)NCC(C)(C)NC(=O)OC(C)(C)C. The van der Waals surface area contributed by atoms with Crippen molar-refractivity contribution in [2.24, 2.45) is 0 Å². The molecule has 0 aliphatic carbocycles. The van der Waals surface area contributed by atoms with Crippen molar-refractivity contribution < 1.29 is 14.3 Å². The minimum atomic E-state index is -0.562. The molecule has 0 fully saturated rings. The maximum Gasteiger partial charge on any atom is 0.408 e. The van der Waals surface area contributed by atoms with Gasteiger partial charge in [-0.1, -0.05) is 0 Å². The summed E-state index contributed by atoms with van der Waals surface area (Å²) in [5, 5.41) is 5.37. The Morgan fingerprint density at radius 3 is 2.12 bits per heavy atom. The standard InChI is InChI=1S/C12H23N2O3/c1-7-9(15)13-8-12(5,6)14-10(16)17-11(2,3)4/h1,7-8H2,2-6H3,(H,13,15)(H,14,16). The molecule has 0 aliphatic heterocycles. The van der Waals surface area contributed by atoms with Crippen LogP contribution in [0.4, 0.5) is 4.79 Å². The van der Waals surface area contributed by atoms with E-state index in [-0.39, 0.29) is 12.3 Å². The molecule has 0 spiro atoms. The Hall–Kier alpha value is -1.26. The predicted octanol–water partition coefficient (Wildman–Crippen LogP) is 1.63. The lowest BCUT2D eigenvalue weighted by Crippen LogP contribution is -2.52. The highest BCUT2D eigenvalue weighted by Crippen LogP contribution is 2.09. The van der Waals surface area contributed by atoms with Crippen LogP contribution in [-0.2, 0) is 9.53 Å². The molecule has 5 nitrogen and oxygen atoms in total. The van der Waals surface area contributed by atoms with Crippen molar-refractivity contribution in [2.75, 3.05) is 6.54 Å². The number of ether oxygens (including phenoxy) is 1. The summed E-state index contributed by atoms with van der Waals surface area (Å²) in [5.74, 6) is -0.149. The Kier molecular flexibility index (Phi) is 5.45. The summed E-state index contributed by atoms with van der Waals surface area (Å²) in [5.41, 5.74) is -1.09. The topological polar surface area (TPSA) is 67.4 Å². The van der Waals surface area contributed by atoms with E-state index in [0.717, 1.165) is 0 Å². The van der Waals surface area contributed by atoms with Gasteiger partial charge < -0.3 is 15.4 Å². The molecule has 0 heterocycles. The van der Waals surface area contributed by atoms with E-state index in [4.69, 9.17) is 4.74 Å². The average molecular weight is 243 g/mol. The van der Waals surface area contributed by atoms with Gasteiger partial charge >= 0.3 is 6.09 Å². The maximum absolute atomic E-state index is 11.5. The Balaban J connectivity index is 4.16. The lowest BCUT2D eigenvalue weighted by molar-refractivity contribution is -0.120. The summed E-state index contributed by atoms with van der Waals surface area (Å²) >= 11 is 0. The summed E-state index contributed by atoms with van der Waals surface area (Å²) in [7, 11) is 0. The summed E-state index contributed by atoms with van der Waals surface area (Å²) in [6.07, 6.45) is -0.311. The Labute approximate surface area is 103 Å². The van der Waals surface area contributed by atoms with Crippen LogP contribution in [0.2, 0.25) is 0 Å². The maximum atomic E-state index is 11.5. The molecule has 0 bridgehead atoms. The fourth-order valence-corrected chi connectivity index (χ4v) is 1.03. The molecule has 0 aromatic rings. The quantitative estimate of drug-likeness (QED) is 0.788. The van der Waals surface area contributed by atoms with Gasteiger partial charge in [-0.05, 0) is 41.5 Å². The summed E-state index contributed by atoms with van der Waals surface area (Å²) in [6.45, 7) is 12.8. The van der Waals surface area contributed by atoms with E-state index in [9.17, 15) is 9.59 Å². The summed E-state index contributed by atoms with van der Waals surface area (Å²) < 4.78 is 5.13. The van der Waals surface area contributed by atoms with Crippen molar-refractivity contribution in [3.63, 3.8) is 0 Å². The first kappa shape index (κ1) is 15.7. The van der Waals surface area contributed by atoms with Gasteiger partial charge in [-0.3, -0.25) is 4.79 Å². The number of amides is 2. The zero-order valence-electron chi connectivity index (χ0n) is 11.3. The summed E-state index contributed by atoms with van der Waals surface area (Å²) in [4.78, 5) is 22.6. The molecule has 0 saturated carbocycles. The van der Waals surface area contributed by atoms with Crippen LogP contribution in [0.5, 0.6) is 0 Å². The number of carbonyl (C=O) groups is 2. The van der Waals surface area contributed by atoms with Crippen molar-refractivity contribution in [1.29, 1.82) is 0 Å². The van der Waals surface area contributed by atoms with Crippen molar-refractivity contribution in [2.45, 2.75) is 52.2 Å². The van der Waals surface area contributed by atoms with Crippen LogP contribution in [0.1, 0.15) is 41.0 Å². The zero-order chi connectivity index (χ0) is 13.7. The first-order valence-corrected chi connectivity index (χ1v) is 5.63. The third-order valence-electron chi connectivity index (χ3n) is 1.79. The van der Waals surface area contributed by atoms with Gasteiger partial charge in [-0.25, -0.2) is 4.79 Å². The normalized spacial score (nSPS) is 11.9. The molecule has 2 amide bonds. The van der Waals surface area contributed by atoms with Crippen molar-refractivity contribution in [1.82, 2.24) is 10.6 Å². The molecule has 0 saturated heterocycles. The predicted molar refractivity (Wildman–Crippen MR) is 66.4 cm³/mol. The molecular weight excluding hydrogens is 220 g/mol. The number of alkyl carbamates (subject to hydrolysis) is 1. The van der Waals surface area contributed by atoms with Crippen LogP contribution in [0.25, 0.3) is 0 Å². The van der Waals surface area contributed by atoms with Gasteiger partial charge in [0.1, 0.15) is 5.60 Å². The smallest absolute Gasteiger partial charge is 0.408 e. The molecule has 0 unspecified atom stereocenters. The molecule has 5 heteroatoms. The van der Waals surface area contributed by atoms with Gasteiger partial charge in [0, 0.05) is 13.0 Å². The second-order valence-electron chi connectivity index (χ2n) is 5.54. The van der Waals surface area contributed by atoms with Crippen LogP contribution >= 0.6 is 0 Å². The number of hydrogen-bond acceptors (Lipinski definition) is 3. The molecule has 0 aromatic heterocycles. The number of carbonyl (C=O) groups excluding carboxylic acids is 2. The van der Waals surface area contributed by atoms with Crippen molar-refractivity contribution in [3.8, 4) is 0 Å². The first-order valence-electron chi connectivity index (χ1n) is 5.63. The molecule has 2 N–H and O–H groups in total. The molecule has 17 heavy (non-hydrogen) atoms. The van der Waals surface area contributed by atoms with Crippen LogP contribution in [0.15, 0.2) is 0 Å². The third kappa shape index (κ3) is 8.54. The van der Waals surface area contributed by atoms with Crippen molar-refractivity contribution >= 4 is 12.0 Å². The number of rotatable bonds is 4. The highest BCUT2D eigenvalue weighted by Gasteiger charge is 2.24. The van der Waals surface area contributed by atoms with Crippen molar-refractivity contribution in [3.05, 3.63) is 6.92 Å². The van der Waals surface area contributed by atoms with Gasteiger partial charge in [0.15, 0.2) is 0 Å². The van der Waals surface area contributed by atoms with E-state index < -0.39 is 17.2 Å². The fraction of sp³-hybridized carbons (Fsp3) is 0.750. The summed E-state index contributed by atoms with van der Waals surface area (Å²) in [6, 6.07) is 0. The Morgan fingerprint density at radius 1 is 1.18 bits per heavy atom. The second kappa shape index (κ2) is 5.89. The van der Waals surface area contributed by atoms with E-state index in [0.29, 0.717) is 6.54 Å². The number of hydrogen-bond donors (Lipinski definition) is 2. The molecule has 0 rings (SSSR count). The minimum Gasteiger partial charge on any atom is -0.444 e. The van der Waals surface area contributed by atoms with Gasteiger partial charge in [0.2, 0.25) is 5.91 Å². The molecule has 99 valence electrons. The van der Waals surface area contributed by atoms with E-state index >= 15 is 0 Å². The molecular formula is C12H23N2O3. The lowest BCUT2D eigenvalue weighted by atomic mass is 10.1. The molecule has 0 atom stereocenters. The van der Waals surface area contributed by atoms with E-state index in [2.05, 4.69) is 17.6 Å². The number of nitrogens with one attached hydrogen (secondary N) is 2. The Bertz CT molecular complexity index is 280. The fourth-order valence-electron chi connectivity index (χ4n) is 1.03. The van der Waals surface area contributed by atoms with Crippen LogP contribution in [0.3, 0.4) is 0 Å². The van der Waals surface area contributed by atoms with E-state index in [1.807, 2.05) is 0 Å². The van der Waals surface area contributed by atoms with E-state index in [1.54, 1.807) is 34.6 Å². The average Bonchev–Trinajstić information content (AvgIpc) is 2.10. The van der Waals surface area contributed by atoms with Crippen LogP contribution in [0, 0.1) is 6.92 Å². The highest BCUT2D eigenvalue weighted by atomic mass is 16.6. The molecule has 1 radical (unpaired) electrons. The lowest BCUT2D eigenvalue weighted by Gasteiger charge is -2.28. The van der Waals surface area contributed by atoms with Gasteiger partial charge in [0.25, 0.3) is 0 Å². The van der Waals surface area contributed by atoms with Crippen LogP contribution < -0.4 is 10.6 Å². The van der Waals surface area contributed by atoms with Gasteiger partial charge in [-0.2, -0.15) is 0 Å². The van der Waals surface area contributed by atoms with Crippen LogP contribution in [-0.4, -0.2) is 29.7 Å². The minimum absolute atomic E-state index is 0.149. The monoisotopic (exact) mass is 243 g/mol. The second-order valence-corrected chi connectivity index (χ2v) is 5.54. The van der Waals surface area contributed by atoms with E-state index in [1.165, 1.54) is 0 Å². The Morgan fingerprint density at radius 2 is 1.71 bits per heavy atom. The van der Waals surface area contributed by atoms with Gasteiger partial charge in [0.05, 0.1) is 5.54 Å².